The maximum atomic E-state index is 5.76. The van der Waals surface area contributed by atoms with E-state index in [0.717, 1.165) is 16.0 Å². The average molecular weight is 399 g/mol. The van der Waals surface area contributed by atoms with Crippen LogP contribution >= 0.6 is 0 Å². The second kappa shape index (κ2) is 12.7. The third-order valence-electron chi connectivity index (χ3n) is 3.98. The summed E-state index contributed by atoms with van der Waals surface area (Å²) in [5, 5.41) is 1.63. The fraction of sp³-hybridized carbons (Fsp3) is 0.111. The van der Waals surface area contributed by atoms with Crippen LogP contribution in [-0.4, -0.2) is 12.1 Å². The lowest BCUT2D eigenvalue weighted by atomic mass is 10.1. The first-order valence-corrected chi connectivity index (χ1v) is 9.51. The van der Waals surface area contributed by atoms with Gasteiger partial charge in [0, 0.05) is 17.2 Å². The Kier molecular flexibility index (Phi) is 10.3. The number of hydrogen-bond donors (Lipinski definition) is 0. The summed E-state index contributed by atoms with van der Waals surface area (Å²) in [5.41, 5.74) is 1.89. The van der Waals surface area contributed by atoms with Crippen molar-refractivity contribution in [3.63, 3.8) is 0 Å². The zero-order valence-electron chi connectivity index (χ0n) is 18.0. The Bertz CT molecular complexity index is 1060. The van der Waals surface area contributed by atoms with E-state index in [9.17, 15) is 0 Å². The van der Waals surface area contributed by atoms with Crippen LogP contribution in [0.25, 0.3) is 13.2 Å². The van der Waals surface area contributed by atoms with Crippen molar-refractivity contribution in [2.75, 3.05) is 0 Å². The van der Waals surface area contributed by atoms with Gasteiger partial charge in [-0.1, -0.05) is 88.4 Å². The molecule has 0 aliphatic rings. The van der Waals surface area contributed by atoms with Gasteiger partial charge in [-0.2, -0.15) is 0 Å². The second-order valence-electron chi connectivity index (χ2n) is 6.53. The summed E-state index contributed by atoms with van der Waals surface area (Å²) >= 11 is 0. The van der Waals surface area contributed by atoms with Crippen molar-refractivity contribution < 1.29 is 4.74 Å². The highest BCUT2D eigenvalue weighted by atomic mass is 16.5. The first-order valence-electron chi connectivity index (χ1n) is 9.51. The number of ether oxygens (including phenoxy) is 1. The highest BCUT2D eigenvalue weighted by Crippen LogP contribution is 2.13. The van der Waals surface area contributed by atoms with Gasteiger partial charge in [-0.05, 0) is 29.5 Å². The molecule has 0 saturated carbocycles. The quantitative estimate of drug-likeness (QED) is 0.180. The summed E-state index contributed by atoms with van der Waals surface area (Å²) in [4.78, 5) is 8.82. The molecular weight excluding hydrogens is 368 g/mol. The van der Waals surface area contributed by atoms with Crippen molar-refractivity contribution in [1.29, 1.82) is 0 Å². The molecule has 0 heterocycles. The zero-order valence-corrected chi connectivity index (χ0v) is 18.0. The van der Waals surface area contributed by atoms with Gasteiger partial charge in [0.05, 0.1) is 0 Å². The van der Waals surface area contributed by atoms with Gasteiger partial charge in [-0.15, -0.1) is 6.58 Å². The lowest BCUT2D eigenvalue weighted by Crippen LogP contribution is -2.10. The van der Waals surface area contributed by atoms with Gasteiger partial charge in [0.2, 0.25) is 0 Å². The molecule has 1 aromatic carbocycles. The molecule has 0 N–H and O–H groups in total. The largest absolute Gasteiger partial charge is 0.456 e. The van der Waals surface area contributed by atoms with E-state index in [1.807, 2.05) is 62.4 Å². The summed E-state index contributed by atoms with van der Waals surface area (Å²) < 4.78 is 5.76. The molecule has 1 rings (SSSR count). The first-order chi connectivity index (χ1) is 14.3. The van der Waals surface area contributed by atoms with Gasteiger partial charge in [-0.25, -0.2) is 9.98 Å². The Morgan fingerprint density at radius 2 is 1.70 bits per heavy atom. The minimum absolute atomic E-state index is 0.0432. The minimum Gasteiger partial charge on any atom is -0.456 e. The van der Waals surface area contributed by atoms with Crippen molar-refractivity contribution in [1.82, 2.24) is 0 Å². The lowest BCUT2D eigenvalue weighted by Gasteiger charge is -2.11. The molecule has 0 spiro atoms. The molecule has 1 unspecified atom stereocenters. The van der Waals surface area contributed by atoms with E-state index in [1.54, 1.807) is 12.2 Å². The SMILES string of the molecule is C=CC(C)C(=C)/N=C\N=C(/C(=C)OC(=C)/C=C\C)c1ccc(=C)ccccc(=C)c1. The molecule has 3 heteroatoms. The third kappa shape index (κ3) is 8.53. The molecule has 0 amide bonds. The molecule has 0 fully saturated rings. The minimum atomic E-state index is 0.0432. The highest BCUT2D eigenvalue weighted by Gasteiger charge is 2.10. The van der Waals surface area contributed by atoms with Crippen LogP contribution in [0.2, 0.25) is 0 Å². The molecule has 3 nitrogen and oxygen atoms in total. The predicted octanol–water partition coefficient (Wildman–Crippen LogP) is 5.40. The maximum absolute atomic E-state index is 5.76. The predicted molar refractivity (Wildman–Crippen MR) is 132 cm³/mol. The average Bonchev–Trinajstić information content (AvgIpc) is 2.70. The van der Waals surface area contributed by atoms with Crippen molar-refractivity contribution in [3.05, 3.63) is 120 Å². The molecule has 0 aliphatic carbocycles. The molecule has 0 bridgehead atoms. The number of nitrogens with zero attached hydrogens (tertiary/aromatic N) is 2. The van der Waals surface area contributed by atoms with Crippen LogP contribution in [0.5, 0.6) is 0 Å². The van der Waals surface area contributed by atoms with Gasteiger partial charge in [0.25, 0.3) is 0 Å². The Balaban J connectivity index is 3.58. The van der Waals surface area contributed by atoms with E-state index in [-0.39, 0.29) is 5.92 Å². The van der Waals surface area contributed by atoms with E-state index in [2.05, 4.69) is 49.5 Å². The van der Waals surface area contributed by atoms with Crippen molar-refractivity contribution in [2.45, 2.75) is 13.8 Å². The molecule has 0 aromatic heterocycles. The summed E-state index contributed by atoms with van der Waals surface area (Å²) in [6.45, 7) is 27.5. The topological polar surface area (TPSA) is 34.0 Å². The van der Waals surface area contributed by atoms with Gasteiger partial charge >= 0.3 is 0 Å². The number of hydrogen-bond acceptors (Lipinski definition) is 2. The number of allylic oxidation sites excluding steroid dienone is 4. The third-order valence-corrected chi connectivity index (χ3v) is 3.98. The van der Waals surface area contributed by atoms with E-state index in [1.165, 1.54) is 6.34 Å². The van der Waals surface area contributed by atoms with E-state index in [4.69, 9.17) is 4.74 Å². The molecule has 30 heavy (non-hydrogen) atoms. The van der Waals surface area contributed by atoms with Crippen LogP contribution in [0.1, 0.15) is 19.4 Å². The molecule has 1 atom stereocenters. The summed E-state index contributed by atoms with van der Waals surface area (Å²) in [7, 11) is 0. The Labute approximate surface area is 180 Å². The second-order valence-corrected chi connectivity index (χ2v) is 6.53. The monoisotopic (exact) mass is 398 g/mol. The van der Waals surface area contributed by atoms with Crippen LogP contribution in [0.15, 0.2) is 114 Å². The zero-order chi connectivity index (χ0) is 22.5. The fourth-order valence-corrected chi connectivity index (χ4v) is 2.20. The van der Waals surface area contributed by atoms with E-state index in [0.29, 0.717) is 22.9 Å². The molecule has 0 aliphatic heterocycles. The molecular formula is C27H30N2O. The highest BCUT2D eigenvalue weighted by molar-refractivity contribution is 6.13. The first kappa shape index (κ1) is 24.3. The van der Waals surface area contributed by atoms with Crippen LogP contribution in [0, 0.1) is 5.92 Å². The standard InChI is InChI=1S/C27H30N2O/c1-9-13-23(6)30-25(8)27(29-19-28-24(7)22(5)10-2)26-17-16-20(3)14-11-12-15-21(4)18-26/h9-19,22H,2-4,6-8H2,1,5H3/b13-9-,14-11?,15-12?,17-16?,26-18?,28-19-,29-27+. The van der Waals surface area contributed by atoms with Crippen molar-refractivity contribution in [2.24, 2.45) is 15.9 Å². The number of rotatable bonds is 9. The normalized spacial score (nSPS) is 12.3. The van der Waals surface area contributed by atoms with E-state index >= 15 is 0 Å². The smallest absolute Gasteiger partial charge is 0.146 e. The van der Waals surface area contributed by atoms with Crippen LogP contribution in [0.4, 0.5) is 0 Å². The molecule has 154 valence electrons. The van der Waals surface area contributed by atoms with Gasteiger partial charge in [0.1, 0.15) is 23.6 Å². The summed E-state index contributed by atoms with van der Waals surface area (Å²) in [6.07, 6.45) is 6.79. The molecule has 0 saturated heterocycles. The van der Waals surface area contributed by atoms with Crippen molar-refractivity contribution in [3.8, 4) is 0 Å². The van der Waals surface area contributed by atoms with Crippen LogP contribution < -0.4 is 10.4 Å². The van der Waals surface area contributed by atoms with Gasteiger partial charge < -0.3 is 4.74 Å². The van der Waals surface area contributed by atoms with Gasteiger partial charge in [0.15, 0.2) is 0 Å². The molecule has 0 radical (unpaired) electrons. The fourth-order valence-electron chi connectivity index (χ4n) is 2.20. The maximum Gasteiger partial charge on any atom is 0.146 e. The molecule has 1 aromatic rings. The lowest BCUT2D eigenvalue weighted by molar-refractivity contribution is 0.349. The Morgan fingerprint density at radius 3 is 2.33 bits per heavy atom. The van der Waals surface area contributed by atoms with Crippen LogP contribution in [-0.2, 0) is 4.74 Å². The summed E-state index contributed by atoms with van der Waals surface area (Å²) in [5.74, 6) is 0.826. The van der Waals surface area contributed by atoms with E-state index < -0.39 is 0 Å². The Hall–Kier alpha value is -3.72. The van der Waals surface area contributed by atoms with Crippen molar-refractivity contribution >= 4 is 25.2 Å². The Morgan fingerprint density at radius 1 is 1.03 bits per heavy atom. The summed E-state index contributed by atoms with van der Waals surface area (Å²) in [6, 6.07) is 13.3. The number of aliphatic imine (C=N–C) groups is 2. The van der Waals surface area contributed by atoms with Gasteiger partial charge in [-0.3, -0.25) is 0 Å². The van der Waals surface area contributed by atoms with Crippen LogP contribution in [0.3, 0.4) is 0 Å².